The molecule has 1 heterocycles. The zero-order valence-electron chi connectivity index (χ0n) is 10.9. The van der Waals surface area contributed by atoms with Crippen molar-refractivity contribution in [2.75, 3.05) is 37.4 Å². The molecule has 0 fully saturated rings. The van der Waals surface area contributed by atoms with Gasteiger partial charge in [0.2, 0.25) is 0 Å². The molecular formula is C12H22N4O. The third-order valence-corrected chi connectivity index (χ3v) is 2.27. The molecule has 0 aliphatic rings. The van der Waals surface area contributed by atoms with Gasteiger partial charge in [-0.3, -0.25) is 4.98 Å². The van der Waals surface area contributed by atoms with E-state index in [2.05, 4.69) is 34.4 Å². The van der Waals surface area contributed by atoms with E-state index in [1.807, 2.05) is 0 Å². The molecule has 0 aliphatic carbocycles. The van der Waals surface area contributed by atoms with Crippen LogP contribution in [-0.4, -0.2) is 36.8 Å². The molecule has 0 aliphatic heterocycles. The van der Waals surface area contributed by atoms with Gasteiger partial charge in [-0.15, -0.1) is 0 Å². The number of nitrogens with zero attached hydrogens (tertiary/aromatic N) is 2. The lowest BCUT2D eigenvalue weighted by Crippen LogP contribution is -2.16. The highest BCUT2D eigenvalue weighted by atomic mass is 16.5. The molecule has 0 radical (unpaired) electrons. The number of ether oxygens (including phenoxy) is 1. The summed E-state index contributed by atoms with van der Waals surface area (Å²) in [6.07, 6.45) is 4.54. The highest BCUT2D eigenvalue weighted by Gasteiger charge is 2.02. The van der Waals surface area contributed by atoms with Gasteiger partial charge in [0.1, 0.15) is 11.6 Å². The minimum atomic E-state index is 0.453. The average Bonchev–Trinajstić information content (AvgIpc) is 2.35. The lowest BCUT2D eigenvalue weighted by Gasteiger charge is -2.12. The quantitative estimate of drug-likeness (QED) is 0.725. The molecule has 0 amide bonds. The predicted octanol–water partition coefficient (Wildman–Crippen LogP) is 1.99. The smallest absolute Gasteiger partial charge is 0.146 e. The summed E-state index contributed by atoms with van der Waals surface area (Å²) in [6.45, 7) is 6.74. The summed E-state index contributed by atoms with van der Waals surface area (Å²) in [5.74, 6) is 2.07. The average molecular weight is 238 g/mol. The number of anilines is 2. The molecule has 0 spiro atoms. The minimum absolute atomic E-state index is 0.453. The van der Waals surface area contributed by atoms with Crippen LogP contribution in [0.3, 0.4) is 0 Å². The molecule has 1 aromatic heterocycles. The van der Waals surface area contributed by atoms with Gasteiger partial charge in [0, 0.05) is 20.2 Å². The topological polar surface area (TPSA) is 59.1 Å². The molecule has 17 heavy (non-hydrogen) atoms. The molecule has 0 bridgehead atoms. The molecule has 1 unspecified atom stereocenters. The molecule has 0 saturated heterocycles. The van der Waals surface area contributed by atoms with Gasteiger partial charge in [-0.05, 0) is 12.3 Å². The third-order valence-electron chi connectivity index (χ3n) is 2.27. The fourth-order valence-electron chi connectivity index (χ4n) is 1.41. The van der Waals surface area contributed by atoms with Gasteiger partial charge in [-0.2, -0.15) is 0 Å². The fourth-order valence-corrected chi connectivity index (χ4v) is 1.41. The second-order valence-electron chi connectivity index (χ2n) is 4.16. The van der Waals surface area contributed by atoms with E-state index in [4.69, 9.17) is 4.74 Å². The van der Waals surface area contributed by atoms with E-state index in [1.54, 1.807) is 19.5 Å². The van der Waals surface area contributed by atoms with Crippen molar-refractivity contribution in [2.24, 2.45) is 5.92 Å². The Morgan fingerprint density at radius 3 is 2.65 bits per heavy atom. The lowest BCUT2D eigenvalue weighted by atomic mass is 10.2. The fraction of sp³-hybridized carbons (Fsp3) is 0.667. The van der Waals surface area contributed by atoms with Crippen LogP contribution in [0.4, 0.5) is 11.6 Å². The van der Waals surface area contributed by atoms with Crippen molar-refractivity contribution in [1.29, 1.82) is 0 Å². The van der Waals surface area contributed by atoms with Crippen molar-refractivity contribution in [2.45, 2.75) is 20.3 Å². The minimum Gasteiger partial charge on any atom is -0.384 e. The van der Waals surface area contributed by atoms with Crippen molar-refractivity contribution in [3.8, 4) is 0 Å². The second kappa shape index (κ2) is 7.84. The van der Waals surface area contributed by atoms with Crippen LogP contribution in [0, 0.1) is 5.92 Å². The van der Waals surface area contributed by atoms with E-state index in [0.717, 1.165) is 37.8 Å². The van der Waals surface area contributed by atoms with Crippen LogP contribution in [0.1, 0.15) is 20.3 Å². The van der Waals surface area contributed by atoms with Crippen molar-refractivity contribution >= 4 is 11.6 Å². The molecular weight excluding hydrogens is 216 g/mol. The zero-order valence-corrected chi connectivity index (χ0v) is 10.9. The highest BCUT2D eigenvalue weighted by Crippen LogP contribution is 2.07. The monoisotopic (exact) mass is 238 g/mol. The molecule has 0 aromatic carbocycles. The normalized spacial score (nSPS) is 12.2. The van der Waals surface area contributed by atoms with Gasteiger partial charge in [-0.25, -0.2) is 4.98 Å². The standard InChI is InChI=1S/C12H22N4O/c1-4-5-14-11-7-13-8-12(16-11)15-6-10(2)9-17-3/h7-8,10H,4-6,9H2,1-3H3,(H2,14,15,16). The van der Waals surface area contributed by atoms with Gasteiger partial charge >= 0.3 is 0 Å². The molecule has 1 rings (SSSR count). The molecule has 96 valence electrons. The van der Waals surface area contributed by atoms with E-state index in [0.29, 0.717) is 5.92 Å². The van der Waals surface area contributed by atoms with Crippen LogP contribution in [0.15, 0.2) is 12.4 Å². The molecule has 5 nitrogen and oxygen atoms in total. The molecule has 5 heteroatoms. The second-order valence-corrected chi connectivity index (χ2v) is 4.16. The first-order valence-electron chi connectivity index (χ1n) is 6.05. The van der Waals surface area contributed by atoms with Crippen molar-refractivity contribution in [3.05, 3.63) is 12.4 Å². The van der Waals surface area contributed by atoms with E-state index >= 15 is 0 Å². The summed E-state index contributed by atoms with van der Waals surface area (Å²) < 4.78 is 5.08. The summed E-state index contributed by atoms with van der Waals surface area (Å²) in [6, 6.07) is 0. The maximum absolute atomic E-state index is 5.08. The van der Waals surface area contributed by atoms with Crippen molar-refractivity contribution in [3.63, 3.8) is 0 Å². The van der Waals surface area contributed by atoms with E-state index in [-0.39, 0.29) is 0 Å². The number of rotatable bonds is 8. The zero-order chi connectivity index (χ0) is 12.5. The number of aromatic nitrogens is 2. The molecule has 1 atom stereocenters. The number of nitrogens with one attached hydrogen (secondary N) is 2. The molecule has 0 saturated carbocycles. The van der Waals surface area contributed by atoms with E-state index in [1.165, 1.54) is 0 Å². The van der Waals surface area contributed by atoms with Gasteiger partial charge < -0.3 is 15.4 Å². The first-order chi connectivity index (χ1) is 8.26. The van der Waals surface area contributed by atoms with Crippen LogP contribution in [-0.2, 0) is 4.74 Å². The van der Waals surface area contributed by atoms with Crippen molar-refractivity contribution < 1.29 is 4.74 Å². The third kappa shape index (κ3) is 5.49. The Balaban J connectivity index is 2.42. The number of methoxy groups -OCH3 is 1. The first-order valence-corrected chi connectivity index (χ1v) is 6.05. The lowest BCUT2D eigenvalue weighted by molar-refractivity contribution is 0.164. The Morgan fingerprint density at radius 2 is 2.00 bits per heavy atom. The van der Waals surface area contributed by atoms with Crippen LogP contribution in [0.5, 0.6) is 0 Å². The first kappa shape index (κ1) is 13.7. The van der Waals surface area contributed by atoms with Crippen LogP contribution >= 0.6 is 0 Å². The molecule has 1 aromatic rings. The Hall–Kier alpha value is -1.36. The van der Waals surface area contributed by atoms with Crippen molar-refractivity contribution in [1.82, 2.24) is 9.97 Å². The maximum Gasteiger partial charge on any atom is 0.146 e. The summed E-state index contributed by atoms with van der Waals surface area (Å²) in [5.41, 5.74) is 0. The van der Waals surface area contributed by atoms with Crippen LogP contribution < -0.4 is 10.6 Å². The number of hydrogen-bond donors (Lipinski definition) is 2. The largest absolute Gasteiger partial charge is 0.384 e. The van der Waals surface area contributed by atoms with Crippen LogP contribution in [0.2, 0.25) is 0 Å². The predicted molar refractivity (Wildman–Crippen MR) is 70.3 cm³/mol. The SMILES string of the molecule is CCCNc1cncc(NCC(C)COC)n1. The Bertz CT molecular complexity index is 319. The summed E-state index contributed by atoms with van der Waals surface area (Å²) in [7, 11) is 1.71. The van der Waals surface area contributed by atoms with E-state index < -0.39 is 0 Å². The van der Waals surface area contributed by atoms with Gasteiger partial charge in [0.15, 0.2) is 0 Å². The Labute approximate surface area is 103 Å². The van der Waals surface area contributed by atoms with E-state index in [9.17, 15) is 0 Å². The summed E-state index contributed by atoms with van der Waals surface area (Å²) in [4.78, 5) is 8.56. The van der Waals surface area contributed by atoms with Gasteiger partial charge in [0.05, 0.1) is 19.0 Å². The number of hydrogen-bond acceptors (Lipinski definition) is 5. The van der Waals surface area contributed by atoms with Gasteiger partial charge in [0.25, 0.3) is 0 Å². The Morgan fingerprint density at radius 1 is 1.29 bits per heavy atom. The van der Waals surface area contributed by atoms with Crippen LogP contribution in [0.25, 0.3) is 0 Å². The maximum atomic E-state index is 5.08. The Kier molecular flexibility index (Phi) is 6.32. The summed E-state index contributed by atoms with van der Waals surface area (Å²) in [5, 5.41) is 6.46. The molecule has 2 N–H and O–H groups in total. The highest BCUT2D eigenvalue weighted by molar-refractivity contribution is 5.41. The van der Waals surface area contributed by atoms with Gasteiger partial charge in [-0.1, -0.05) is 13.8 Å². The summed E-state index contributed by atoms with van der Waals surface area (Å²) >= 11 is 0.